The third-order valence-electron chi connectivity index (χ3n) is 2.97. The highest BCUT2D eigenvalue weighted by Gasteiger charge is 2.14. The van der Waals surface area contributed by atoms with Crippen LogP contribution < -0.4 is 0 Å². The Morgan fingerprint density at radius 1 is 1.32 bits per heavy atom. The molecule has 2 aromatic heterocycles. The minimum absolute atomic E-state index is 0.0140. The maximum absolute atomic E-state index is 11.7. The second kappa shape index (κ2) is 4.48. The second-order valence-corrected chi connectivity index (χ2v) is 4.59. The highest BCUT2D eigenvalue weighted by atomic mass is 35.5. The number of benzene rings is 1. The van der Waals surface area contributed by atoms with Gasteiger partial charge in [0.15, 0.2) is 11.6 Å². The summed E-state index contributed by atoms with van der Waals surface area (Å²) in [4.78, 5) is 19.8. The molecule has 5 heteroatoms. The predicted molar refractivity (Wildman–Crippen MR) is 73.9 cm³/mol. The first kappa shape index (κ1) is 11.9. The molecular weight excluding hydrogens is 262 g/mol. The van der Waals surface area contributed by atoms with Gasteiger partial charge in [0.25, 0.3) is 0 Å². The molecule has 94 valence electrons. The third-order valence-corrected chi connectivity index (χ3v) is 3.23. The van der Waals surface area contributed by atoms with Gasteiger partial charge in [0.2, 0.25) is 0 Å². The Labute approximate surface area is 114 Å². The number of rotatable bonds is 2. The molecule has 0 aliphatic heterocycles. The average Bonchev–Trinajstić information content (AvgIpc) is 2.79. The average molecular weight is 272 g/mol. The van der Waals surface area contributed by atoms with Crippen molar-refractivity contribution in [2.45, 2.75) is 6.92 Å². The van der Waals surface area contributed by atoms with Gasteiger partial charge in [-0.1, -0.05) is 29.8 Å². The fourth-order valence-electron chi connectivity index (χ4n) is 2.12. The van der Waals surface area contributed by atoms with Crippen LogP contribution >= 0.6 is 11.6 Å². The van der Waals surface area contributed by atoms with Crippen LogP contribution in [0.2, 0.25) is 5.02 Å². The molecule has 1 aromatic carbocycles. The lowest BCUT2D eigenvalue weighted by Gasteiger charge is -2.05. The zero-order valence-corrected chi connectivity index (χ0v) is 10.9. The molecule has 3 aromatic rings. The number of para-hydroxylation sites is 1. The molecule has 0 unspecified atom stereocenters. The Balaban J connectivity index is 2.37. The Morgan fingerprint density at radius 3 is 2.84 bits per heavy atom. The van der Waals surface area contributed by atoms with Crippen molar-refractivity contribution >= 4 is 28.3 Å². The van der Waals surface area contributed by atoms with Gasteiger partial charge in [-0.25, -0.2) is 9.97 Å². The molecule has 0 atom stereocenters. The van der Waals surface area contributed by atoms with E-state index in [1.165, 1.54) is 12.5 Å². The third kappa shape index (κ3) is 1.90. The lowest BCUT2D eigenvalue weighted by atomic mass is 10.1. The SMILES string of the molecule is CC(=O)c1cn(-c2ncncc2Cl)c2ccccc12. The largest absolute Gasteiger partial charge is 0.299 e. The Morgan fingerprint density at radius 2 is 2.11 bits per heavy atom. The lowest BCUT2D eigenvalue weighted by Crippen LogP contribution is -1.97. The number of hydrogen-bond donors (Lipinski definition) is 0. The van der Waals surface area contributed by atoms with E-state index in [9.17, 15) is 4.79 Å². The zero-order valence-electron chi connectivity index (χ0n) is 10.2. The fourth-order valence-corrected chi connectivity index (χ4v) is 2.32. The van der Waals surface area contributed by atoms with E-state index in [1.54, 1.807) is 13.1 Å². The molecule has 0 aliphatic rings. The molecule has 0 aliphatic carbocycles. The Kier molecular flexibility index (Phi) is 2.80. The summed E-state index contributed by atoms with van der Waals surface area (Å²) in [5.41, 5.74) is 1.55. The van der Waals surface area contributed by atoms with Gasteiger partial charge in [0, 0.05) is 17.1 Å². The molecule has 0 bridgehead atoms. The van der Waals surface area contributed by atoms with Crippen molar-refractivity contribution in [3.63, 3.8) is 0 Å². The van der Waals surface area contributed by atoms with Gasteiger partial charge in [-0.15, -0.1) is 0 Å². The van der Waals surface area contributed by atoms with Crippen molar-refractivity contribution in [3.8, 4) is 5.82 Å². The highest BCUT2D eigenvalue weighted by molar-refractivity contribution is 6.32. The standard InChI is InChI=1S/C14H10ClN3O/c1-9(19)11-7-18(13-5-3-2-4-10(11)13)14-12(15)6-16-8-17-14/h2-8H,1H3. The van der Waals surface area contributed by atoms with Crippen LogP contribution in [0.25, 0.3) is 16.7 Å². The maximum Gasteiger partial charge on any atom is 0.161 e. The summed E-state index contributed by atoms with van der Waals surface area (Å²) in [6.07, 6.45) is 4.73. The molecule has 4 nitrogen and oxygen atoms in total. The van der Waals surface area contributed by atoms with Gasteiger partial charge in [-0.3, -0.25) is 9.36 Å². The van der Waals surface area contributed by atoms with Crippen molar-refractivity contribution in [2.24, 2.45) is 0 Å². The van der Waals surface area contributed by atoms with Crippen LogP contribution in [0, 0.1) is 0 Å². The van der Waals surface area contributed by atoms with E-state index < -0.39 is 0 Å². The van der Waals surface area contributed by atoms with Crippen molar-refractivity contribution in [1.82, 2.24) is 14.5 Å². The maximum atomic E-state index is 11.7. The number of Topliss-reactive ketones (excluding diaryl/α,β-unsaturated/α-hetero) is 1. The van der Waals surface area contributed by atoms with Crippen molar-refractivity contribution in [1.29, 1.82) is 0 Å². The van der Waals surface area contributed by atoms with E-state index in [0.717, 1.165) is 10.9 Å². The van der Waals surface area contributed by atoms with E-state index in [-0.39, 0.29) is 5.78 Å². The molecule has 0 saturated carbocycles. The quantitative estimate of drug-likeness (QED) is 0.672. The van der Waals surface area contributed by atoms with Crippen LogP contribution in [0.15, 0.2) is 43.0 Å². The van der Waals surface area contributed by atoms with Crippen molar-refractivity contribution in [3.05, 3.63) is 53.6 Å². The summed E-state index contributed by atoms with van der Waals surface area (Å²) in [6.45, 7) is 1.55. The number of fused-ring (bicyclic) bond motifs is 1. The van der Waals surface area contributed by atoms with Gasteiger partial charge in [-0.2, -0.15) is 0 Å². The van der Waals surface area contributed by atoms with E-state index >= 15 is 0 Å². The molecule has 0 saturated heterocycles. The van der Waals surface area contributed by atoms with Crippen LogP contribution in [-0.2, 0) is 0 Å². The summed E-state index contributed by atoms with van der Waals surface area (Å²) < 4.78 is 1.82. The van der Waals surface area contributed by atoms with Crippen LogP contribution in [0.1, 0.15) is 17.3 Å². The molecule has 2 heterocycles. The second-order valence-electron chi connectivity index (χ2n) is 4.18. The van der Waals surface area contributed by atoms with Gasteiger partial charge < -0.3 is 0 Å². The molecule has 3 rings (SSSR count). The smallest absolute Gasteiger partial charge is 0.161 e. The van der Waals surface area contributed by atoms with Crippen molar-refractivity contribution < 1.29 is 4.79 Å². The van der Waals surface area contributed by atoms with Crippen LogP contribution in [0.5, 0.6) is 0 Å². The predicted octanol–water partition coefficient (Wildman–Crippen LogP) is 3.28. The normalized spacial score (nSPS) is 10.8. The fraction of sp³-hybridized carbons (Fsp3) is 0.0714. The summed E-state index contributed by atoms with van der Waals surface area (Å²) in [5, 5.41) is 1.34. The molecule has 0 spiro atoms. The minimum atomic E-state index is 0.0140. The van der Waals surface area contributed by atoms with Crippen LogP contribution in [0.4, 0.5) is 0 Å². The number of nitrogens with zero attached hydrogens (tertiary/aromatic N) is 3. The topological polar surface area (TPSA) is 47.8 Å². The van der Waals surface area contributed by atoms with Gasteiger partial charge in [0.1, 0.15) is 11.3 Å². The number of carbonyl (C=O) groups excluding carboxylic acids is 1. The highest BCUT2D eigenvalue weighted by Crippen LogP contribution is 2.27. The molecule has 0 radical (unpaired) electrons. The molecular formula is C14H10ClN3O. The number of hydrogen-bond acceptors (Lipinski definition) is 3. The first-order chi connectivity index (χ1) is 9.18. The summed E-state index contributed by atoms with van der Waals surface area (Å²) in [6, 6.07) is 7.66. The van der Waals surface area contributed by atoms with Crippen LogP contribution in [0.3, 0.4) is 0 Å². The zero-order chi connectivity index (χ0) is 13.4. The van der Waals surface area contributed by atoms with E-state index in [0.29, 0.717) is 16.4 Å². The van der Waals surface area contributed by atoms with Gasteiger partial charge in [0.05, 0.1) is 11.7 Å². The number of ketones is 1. The summed E-state index contributed by atoms with van der Waals surface area (Å²) in [5.74, 6) is 0.584. The van der Waals surface area contributed by atoms with E-state index in [4.69, 9.17) is 11.6 Å². The first-order valence-electron chi connectivity index (χ1n) is 5.75. The van der Waals surface area contributed by atoms with Gasteiger partial charge in [-0.05, 0) is 13.0 Å². The summed E-state index contributed by atoms with van der Waals surface area (Å²) >= 11 is 6.12. The molecule has 0 N–H and O–H groups in total. The van der Waals surface area contributed by atoms with E-state index in [2.05, 4.69) is 9.97 Å². The van der Waals surface area contributed by atoms with E-state index in [1.807, 2.05) is 28.8 Å². The number of aromatic nitrogens is 3. The summed E-state index contributed by atoms with van der Waals surface area (Å²) in [7, 11) is 0. The Bertz CT molecular complexity index is 779. The lowest BCUT2D eigenvalue weighted by molar-refractivity contribution is 0.101. The number of carbonyl (C=O) groups is 1. The van der Waals surface area contributed by atoms with Gasteiger partial charge >= 0.3 is 0 Å². The molecule has 0 amide bonds. The number of halogens is 1. The first-order valence-corrected chi connectivity index (χ1v) is 6.13. The molecule has 19 heavy (non-hydrogen) atoms. The van der Waals surface area contributed by atoms with Crippen molar-refractivity contribution in [2.75, 3.05) is 0 Å². The van der Waals surface area contributed by atoms with Crippen LogP contribution in [-0.4, -0.2) is 20.3 Å². The Hall–Kier alpha value is -2.20. The minimum Gasteiger partial charge on any atom is -0.299 e. The molecule has 0 fully saturated rings. The monoisotopic (exact) mass is 271 g/mol.